The van der Waals surface area contributed by atoms with E-state index in [0.717, 1.165) is 31.5 Å². The minimum absolute atomic E-state index is 0.102. The van der Waals surface area contributed by atoms with Crippen LogP contribution in [0.3, 0.4) is 0 Å². The highest BCUT2D eigenvalue weighted by Crippen LogP contribution is 2.32. The van der Waals surface area contributed by atoms with Crippen molar-refractivity contribution in [2.24, 2.45) is 0 Å². The van der Waals surface area contributed by atoms with E-state index in [2.05, 4.69) is 21.6 Å². The third-order valence-electron chi connectivity index (χ3n) is 5.64. The zero-order valence-electron chi connectivity index (χ0n) is 17.0. The van der Waals surface area contributed by atoms with Crippen molar-refractivity contribution in [3.05, 3.63) is 23.8 Å². The zero-order valence-corrected chi connectivity index (χ0v) is 17.0. The second kappa shape index (κ2) is 10.5. The van der Waals surface area contributed by atoms with Crippen LogP contribution in [0.5, 0.6) is 11.5 Å². The fourth-order valence-corrected chi connectivity index (χ4v) is 4.02. The highest BCUT2D eigenvalue weighted by atomic mass is 16.5. The molecule has 0 spiro atoms. The van der Waals surface area contributed by atoms with Gasteiger partial charge in [0, 0.05) is 25.8 Å². The maximum Gasteiger partial charge on any atom is 0.315 e. The molecule has 0 aromatic heterocycles. The van der Waals surface area contributed by atoms with Gasteiger partial charge in [0.2, 0.25) is 0 Å². The van der Waals surface area contributed by atoms with Gasteiger partial charge in [-0.25, -0.2) is 4.79 Å². The Hall–Kier alpha value is -1.99. The number of carbonyl (C=O) groups excluding carboxylic acids is 1. The molecule has 0 bridgehead atoms. The van der Waals surface area contributed by atoms with Crippen LogP contribution in [0.1, 0.15) is 43.7 Å². The molecule has 1 atom stereocenters. The highest BCUT2D eigenvalue weighted by molar-refractivity contribution is 5.74. The summed E-state index contributed by atoms with van der Waals surface area (Å²) in [6.45, 7) is 4.08. The summed E-state index contributed by atoms with van der Waals surface area (Å²) in [7, 11) is 3.29. The third-order valence-corrected chi connectivity index (χ3v) is 5.64. The van der Waals surface area contributed by atoms with E-state index in [0.29, 0.717) is 31.3 Å². The summed E-state index contributed by atoms with van der Waals surface area (Å²) in [5.74, 6) is 1.43. The van der Waals surface area contributed by atoms with Gasteiger partial charge in [-0.15, -0.1) is 0 Å². The van der Waals surface area contributed by atoms with E-state index >= 15 is 0 Å². The second-order valence-electron chi connectivity index (χ2n) is 7.47. The minimum atomic E-state index is -0.102. The Labute approximate surface area is 167 Å². The van der Waals surface area contributed by atoms with Gasteiger partial charge in [0.1, 0.15) is 0 Å². The number of methoxy groups -OCH3 is 2. The molecule has 3 rings (SSSR count). The number of amides is 2. The van der Waals surface area contributed by atoms with Gasteiger partial charge in [-0.2, -0.15) is 0 Å². The van der Waals surface area contributed by atoms with E-state index < -0.39 is 0 Å². The molecule has 1 unspecified atom stereocenters. The first-order chi connectivity index (χ1) is 13.7. The first-order valence-corrected chi connectivity index (χ1v) is 10.3. The number of piperidine rings is 1. The summed E-state index contributed by atoms with van der Waals surface area (Å²) in [6.07, 6.45) is 5.40. The molecule has 1 aromatic carbocycles. The molecule has 2 N–H and O–H groups in total. The average molecular weight is 392 g/mol. The molecule has 1 aromatic rings. The Bertz CT molecular complexity index is 628. The first kappa shape index (κ1) is 20.7. The number of likely N-dealkylation sites (tertiary alicyclic amines) is 1. The van der Waals surface area contributed by atoms with E-state index in [-0.39, 0.29) is 18.1 Å². The molecule has 0 aliphatic carbocycles. The number of benzene rings is 1. The lowest BCUT2D eigenvalue weighted by molar-refractivity contribution is 0.0799. The molecule has 2 aliphatic rings. The van der Waals surface area contributed by atoms with Gasteiger partial charge in [-0.3, -0.25) is 4.90 Å². The number of carbonyl (C=O) groups is 1. The number of ether oxygens (including phenoxy) is 3. The van der Waals surface area contributed by atoms with Crippen LogP contribution in [0, 0.1) is 0 Å². The predicted octanol–water partition coefficient (Wildman–Crippen LogP) is 2.71. The van der Waals surface area contributed by atoms with Crippen LogP contribution < -0.4 is 20.1 Å². The number of nitrogens with one attached hydrogen (secondary N) is 2. The molecule has 2 aliphatic heterocycles. The number of nitrogens with zero attached hydrogens (tertiary/aromatic N) is 1. The minimum Gasteiger partial charge on any atom is -0.493 e. The van der Waals surface area contributed by atoms with Crippen molar-refractivity contribution in [3.63, 3.8) is 0 Å². The molecule has 28 heavy (non-hydrogen) atoms. The Kier molecular flexibility index (Phi) is 7.80. The Morgan fingerprint density at radius 1 is 1.14 bits per heavy atom. The normalized spacial score (nSPS) is 19.6. The molecule has 2 fully saturated rings. The van der Waals surface area contributed by atoms with E-state index in [1.807, 2.05) is 12.1 Å². The monoisotopic (exact) mass is 391 g/mol. The van der Waals surface area contributed by atoms with Gasteiger partial charge in [0.25, 0.3) is 0 Å². The lowest BCUT2D eigenvalue weighted by Gasteiger charge is -2.35. The van der Waals surface area contributed by atoms with Crippen LogP contribution in [-0.4, -0.2) is 64.0 Å². The number of urea groups is 1. The Balaban J connectivity index is 1.67. The van der Waals surface area contributed by atoms with Gasteiger partial charge in [0.05, 0.1) is 20.3 Å². The van der Waals surface area contributed by atoms with Crippen molar-refractivity contribution in [2.45, 2.75) is 44.2 Å². The van der Waals surface area contributed by atoms with Crippen molar-refractivity contribution < 1.29 is 19.0 Å². The van der Waals surface area contributed by atoms with E-state index in [1.54, 1.807) is 14.2 Å². The molecule has 2 amide bonds. The number of rotatable bonds is 7. The van der Waals surface area contributed by atoms with Crippen molar-refractivity contribution in [3.8, 4) is 11.5 Å². The van der Waals surface area contributed by atoms with Crippen LogP contribution in [0.4, 0.5) is 4.79 Å². The van der Waals surface area contributed by atoms with Crippen LogP contribution >= 0.6 is 0 Å². The van der Waals surface area contributed by atoms with Crippen LogP contribution in [0.15, 0.2) is 18.2 Å². The van der Waals surface area contributed by atoms with Crippen molar-refractivity contribution >= 4 is 6.03 Å². The number of hydrogen-bond donors (Lipinski definition) is 2. The summed E-state index contributed by atoms with van der Waals surface area (Å²) < 4.78 is 16.2. The van der Waals surface area contributed by atoms with Crippen molar-refractivity contribution in [1.82, 2.24) is 15.5 Å². The first-order valence-electron chi connectivity index (χ1n) is 10.3. The molecule has 7 heteroatoms. The zero-order chi connectivity index (χ0) is 19.8. The molecule has 0 saturated carbocycles. The van der Waals surface area contributed by atoms with Crippen LogP contribution in [-0.2, 0) is 4.74 Å². The Morgan fingerprint density at radius 3 is 2.54 bits per heavy atom. The molecule has 7 nitrogen and oxygen atoms in total. The predicted molar refractivity (Wildman–Crippen MR) is 108 cm³/mol. The highest BCUT2D eigenvalue weighted by Gasteiger charge is 2.24. The second-order valence-corrected chi connectivity index (χ2v) is 7.47. The summed E-state index contributed by atoms with van der Waals surface area (Å²) in [5, 5.41) is 6.16. The largest absolute Gasteiger partial charge is 0.493 e. The van der Waals surface area contributed by atoms with Crippen molar-refractivity contribution in [2.75, 3.05) is 47.1 Å². The van der Waals surface area contributed by atoms with Gasteiger partial charge in [-0.1, -0.05) is 12.5 Å². The fourth-order valence-electron chi connectivity index (χ4n) is 4.02. The van der Waals surface area contributed by atoms with E-state index in [1.165, 1.54) is 19.3 Å². The fraction of sp³-hybridized carbons (Fsp3) is 0.667. The summed E-state index contributed by atoms with van der Waals surface area (Å²) in [5.41, 5.74) is 1.13. The topological polar surface area (TPSA) is 72.1 Å². The summed E-state index contributed by atoms with van der Waals surface area (Å²) in [4.78, 5) is 14.9. The van der Waals surface area contributed by atoms with Gasteiger partial charge >= 0.3 is 6.03 Å². The smallest absolute Gasteiger partial charge is 0.315 e. The maximum atomic E-state index is 12.4. The molecule has 2 saturated heterocycles. The lowest BCUT2D eigenvalue weighted by Crippen LogP contribution is -2.47. The van der Waals surface area contributed by atoms with Gasteiger partial charge < -0.3 is 24.8 Å². The third kappa shape index (κ3) is 5.52. The standard InChI is InChI=1S/C21H33N3O4/c1-26-19-7-6-16(14-20(19)27-2)18(24-10-4-3-5-11-24)15-22-21(25)23-17-8-12-28-13-9-17/h6-7,14,17-18H,3-5,8-13,15H2,1-2H3,(H2,22,23,25). The quantitative estimate of drug-likeness (QED) is 0.748. The van der Waals surface area contributed by atoms with Crippen molar-refractivity contribution in [1.29, 1.82) is 0 Å². The SMILES string of the molecule is COc1ccc(C(CNC(=O)NC2CCOCC2)N2CCCCC2)cc1OC. The lowest BCUT2D eigenvalue weighted by atomic mass is 10.0. The molecule has 0 radical (unpaired) electrons. The summed E-state index contributed by atoms with van der Waals surface area (Å²) in [6, 6.07) is 6.24. The van der Waals surface area contributed by atoms with E-state index in [9.17, 15) is 4.79 Å². The van der Waals surface area contributed by atoms with E-state index in [4.69, 9.17) is 14.2 Å². The molecule has 2 heterocycles. The molecular weight excluding hydrogens is 358 g/mol. The molecular formula is C21H33N3O4. The maximum absolute atomic E-state index is 12.4. The molecule has 156 valence electrons. The number of hydrogen-bond acceptors (Lipinski definition) is 5. The van der Waals surface area contributed by atoms with Crippen LogP contribution in [0.2, 0.25) is 0 Å². The summed E-state index contributed by atoms with van der Waals surface area (Å²) >= 11 is 0. The Morgan fingerprint density at radius 2 is 1.86 bits per heavy atom. The van der Waals surface area contributed by atoms with Gasteiger partial charge in [-0.05, 0) is 56.5 Å². The van der Waals surface area contributed by atoms with Gasteiger partial charge in [0.15, 0.2) is 11.5 Å². The average Bonchev–Trinajstić information content (AvgIpc) is 2.75. The van der Waals surface area contributed by atoms with Crippen LogP contribution in [0.25, 0.3) is 0 Å².